The minimum absolute atomic E-state index is 0.00716. The summed E-state index contributed by atoms with van der Waals surface area (Å²) in [5.41, 5.74) is 12.2. The van der Waals surface area contributed by atoms with Gasteiger partial charge in [-0.2, -0.15) is 5.10 Å². The number of aryl methyl sites for hydroxylation is 1. The molecule has 2 fully saturated rings. The summed E-state index contributed by atoms with van der Waals surface area (Å²) in [5.74, 6) is -1.61. The van der Waals surface area contributed by atoms with E-state index in [0.29, 0.717) is 27.9 Å². The fourth-order valence-electron chi connectivity index (χ4n) is 8.95. The van der Waals surface area contributed by atoms with Crippen LogP contribution in [0.25, 0.3) is 27.7 Å². The fourth-order valence-corrected chi connectivity index (χ4v) is 8.95. The van der Waals surface area contributed by atoms with Gasteiger partial charge in [0.1, 0.15) is 36.6 Å². The zero-order valence-corrected chi connectivity index (χ0v) is 34.5. The van der Waals surface area contributed by atoms with E-state index in [2.05, 4.69) is 15.4 Å². The van der Waals surface area contributed by atoms with Gasteiger partial charge in [-0.15, -0.1) is 0 Å². The van der Waals surface area contributed by atoms with Crippen LogP contribution in [-0.2, 0) is 9.53 Å². The van der Waals surface area contributed by atoms with Crippen molar-refractivity contribution in [3.05, 3.63) is 149 Å². The number of imide groups is 1. The molecule has 0 saturated carbocycles. The molecule has 1 aliphatic carbocycles. The number of alkyl halides is 2. The Morgan fingerprint density at radius 1 is 0.908 bits per heavy atom. The maximum atomic E-state index is 14.2. The number of aromatic nitrogens is 3. The molecule has 0 unspecified atom stereocenters. The van der Waals surface area contributed by atoms with Gasteiger partial charge in [0.15, 0.2) is 11.6 Å². The van der Waals surface area contributed by atoms with E-state index in [1.807, 2.05) is 48.5 Å². The van der Waals surface area contributed by atoms with Crippen molar-refractivity contribution in [2.75, 3.05) is 30.4 Å². The summed E-state index contributed by atoms with van der Waals surface area (Å²) >= 11 is 0. The van der Waals surface area contributed by atoms with Crippen LogP contribution in [0.3, 0.4) is 0 Å². The van der Waals surface area contributed by atoms with Crippen molar-refractivity contribution in [2.45, 2.75) is 37.8 Å². The minimum atomic E-state index is -2.88. The smallest absolute Gasteiger partial charge is 0.407 e. The lowest BCUT2D eigenvalue weighted by Gasteiger charge is -2.21. The Morgan fingerprint density at radius 2 is 1.63 bits per heavy atom. The second-order valence-corrected chi connectivity index (χ2v) is 16.0. The van der Waals surface area contributed by atoms with Gasteiger partial charge in [0, 0.05) is 23.4 Å². The van der Waals surface area contributed by atoms with Gasteiger partial charge < -0.3 is 35.1 Å². The minimum Gasteiger partial charge on any atom is -0.485 e. The Balaban J connectivity index is 0.842. The lowest BCUT2D eigenvalue weighted by Crippen LogP contribution is -2.41. The van der Waals surface area contributed by atoms with Crippen LogP contribution in [0, 0.1) is 12.7 Å². The highest BCUT2D eigenvalue weighted by Crippen LogP contribution is 2.45. The van der Waals surface area contributed by atoms with E-state index in [0.717, 1.165) is 27.2 Å². The number of carbonyl (C=O) groups is 4. The number of anilines is 2. The molecule has 2 saturated heterocycles. The van der Waals surface area contributed by atoms with Crippen LogP contribution >= 0.6 is 0 Å². The Morgan fingerprint density at radius 3 is 2.34 bits per heavy atom. The molecule has 3 aliphatic rings. The molecule has 10 rings (SSSR count). The van der Waals surface area contributed by atoms with Crippen molar-refractivity contribution in [1.29, 1.82) is 0 Å². The Bertz CT molecular complexity index is 3010. The number of halogens is 3. The number of benzene rings is 5. The SMILES string of the molecule is Cc1cc(Oc2ccccc2F)ccc1-n1ncc(C(=O)c2cc3cc(OCC(F)F)c(N4C(=O)[C@@H]5C[C@H](NC(=O)OCC6c7ccccc7-c7ccccc76)CN5C4=O)cc3[nH]2)c1N. The molecule has 17 heteroatoms. The van der Waals surface area contributed by atoms with E-state index in [1.165, 1.54) is 46.1 Å². The summed E-state index contributed by atoms with van der Waals surface area (Å²) in [7, 11) is 0. The predicted octanol–water partition coefficient (Wildman–Crippen LogP) is 8.50. The van der Waals surface area contributed by atoms with E-state index in [1.54, 1.807) is 37.3 Å². The van der Waals surface area contributed by atoms with Crippen LogP contribution in [0.1, 0.15) is 45.1 Å². The molecule has 65 heavy (non-hydrogen) atoms. The lowest BCUT2D eigenvalue weighted by atomic mass is 9.98. The van der Waals surface area contributed by atoms with E-state index < -0.39 is 54.7 Å². The number of hydrogen-bond donors (Lipinski definition) is 3. The fraction of sp³-hybridized carbons (Fsp3) is 0.188. The topological polar surface area (TPSA) is 174 Å². The quantitative estimate of drug-likeness (QED) is 0.0803. The third kappa shape index (κ3) is 7.33. The number of aromatic amines is 1. The average molecular weight is 882 g/mol. The first kappa shape index (κ1) is 41.0. The van der Waals surface area contributed by atoms with Crippen LogP contribution in [0.15, 0.2) is 115 Å². The number of ether oxygens (including phenoxy) is 3. The molecule has 7 aromatic rings. The van der Waals surface area contributed by atoms with Crippen LogP contribution in [-0.4, -0.2) is 81.7 Å². The van der Waals surface area contributed by atoms with Gasteiger partial charge in [-0.05, 0) is 89.7 Å². The third-order valence-electron chi connectivity index (χ3n) is 12.0. The van der Waals surface area contributed by atoms with Crippen molar-refractivity contribution in [3.63, 3.8) is 0 Å². The van der Waals surface area contributed by atoms with E-state index in [4.69, 9.17) is 19.9 Å². The van der Waals surface area contributed by atoms with Crippen LogP contribution in [0.2, 0.25) is 0 Å². The molecular formula is C48H38F3N7O7. The molecule has 328 valence electrons. The lowest BCUT2D eigenvalue weighted by molar-refractivity contribution is -0.119. The molecule has 5 aromatic carbocycles. The molecule has 2 atom stereocenters. The highest BCUT2D eigenvalue weighted by atomic mass is 19.3. The number of amides is 4. The molecule has 2 aliphatic heterocycles. The molecule has 4 N–H and O–H groups in total. The summed E-state index contributed by atoms with van der Waals surface area (Å²) in [6.07, 6.45) is -2.17. The Labute approximate surface area is 368 Å². The summed E-state index contributed by atoms with van der Waals surface area (Å²) in [5, 5.41) is 7.51. The standard InChI is InChI=1S/C48H38F3N7O7/c1-25-16-28(65-41-13-7-6-12-35(41)49)14-15-38(25)58-45(52)33(21-53-58)44(59)37-17-26-18-42(63-24-43(50)51)39(20-36(26)55-37)57-46(60)40-19-27(22-56(40)48(57)62)54-47(61)64-23-34-31-10-4-2-8-29(31)30-9-3-5-11-32(30)34/h2-18,20-21,27,34,40,43,55H,19,22-24,52H2,1H3,(H,54,61)/t27-,40-/m0/s1. The second-order valence-electron chi connectivity index (χ2n) is 16.0. The predicted molar refractivity (Wildman–Crippen MR) is 232 cm³/mol. The van der Waals surface area contributed by atoms with Crippen molar-refractivity contribution in [3.8, 4) is 34.1 Å². The van der Waals surface area contributed by atoms with Gasteiger partial charge >= 0.3 is 12.1 Å². The molecule has 4 amide bonds. The van der Waals surface area contributed by atoms with Crippen molar-refractivity contribution >= 4 is 46.2 Å². The summed E-state index contributed by atoms with van der Waals surface area (Å²) in [6.45, 7) is 0.823. The summed E-state index contributed by atoms with van der Waals surface area (Å²) in [4.78, 5) is 60.2. The third-order valence-corrected chi connectivity index (χ3v) is 12.0. The van der Waals surface area contributed by atoms with Crippen LogP contribution in [0.4, 0.5) is 34.3 Å². The highest BCUT2D eigenvalue weighted by Gasteiger charge is 2.52. The number of H-pyrrole nitrogens is 1. The number of fused-ring (bicyclic) bond motifs is 5. The number of rotatable bonds is 12. The van der Waals surface area contributed by atoms with Gasteiger partial charge in [-0.25, -0.2) is 32.3 Å². The number of carbonyl (C=O) groups excluding carboxylic acids is 4. The van der Waals surface area contributed by atoms with Crippen molar-refractivity contribution in [2.24, 2.45) is 0 Å². The molecule has 0 spiro atoms. The number of nitrogens with one attached hydrogen (secondary N) is 2. The second kappa shape index (κ2) is 16.2. The van der Waals surface area contributed by atoms with E-state index >= 15 is 0 Å². The van der Waals surface area contributed by atoms with Gasteiger partial charge in [-0.1, -0.05) is 60.7 Å². The van der Waals surface area contributed by atoms with E-state index in [-0.39, 0.29) is 59.8 Å². The number of alkyl carbamates (subject to hydrolysis) is 1. The molecule has 0 radical (unpaired) electrons. The maximum absolute atomic E-state index is 14.2. The normalized spacial score (nSPS) is 16.6. The number of nitrogens with zero attached hydrogens (tertiary/aromatic N) is 4. The average Bonchev–Trinajstić information content (AvgIpc) is 4.11. The Hall–Kier alpha value is -8.08. The molecular weight excluding hydrogens is 844 g/mol. The maximum Gasteiger partial charge on any atom is 0.407 e. The van der Waals surface area contributed by atoms with Gasteiger partial charge in [0.25, 0.3) is 12.3 Å². The largest absolute Gasteiger partial charge is 0.485 e. The number of hydrogen-bond acceptors (Lipinski definition) is 9. The van der Waals surface area contributed by atoms with Gasteiger partial charge in [0.05, 0.1) is 34.9 Å². The molecule has 2 aromatic heterocycles. The van der Waals surface area contributed by atoms with Crippen LogP contribution in [0.5, 0.6) is 17.2 Å². The number of nitrogens with two attached hydrogens (primary N) is 1. The molecule has 14 nitrogen and oxygen atoms in total. The van der Waals surface area contributed by atoms with Crippen molar-refractivity contribution < 1.29 is 46.6 Å². The molecule has 4 heterocycles. The first-order valence-corrected chi connectivity index (χ1v) is 20.7. The number of nitrogen functional groups attached to an aromatic ring is 1. The summed E-state index contributed by atoms with van der Waals surface area (Å²) in [6, 6.07) is 28.8. The van der Waals surface area contributed by atoms with Crippen LogP contribution < -0.4 is 25.4 Å². The first-order valence-electron chi connectivity index (χ1n) is 20.7. The van der Waals surface area contributed by atoms with Gasteiger partial charge in [-0.3, -0.25) is 9.59 Å². The number of ketones is 1. The monoisotopic (exact) mass is 881 g/mol. The van der Waals surface area contributed by atoms with E-state index in [9.17, 15) is 32.3 Å². The Kier molecular flexibility index (Phi) is 10.2. The highest BCUT2D eigenvalue weighted by molar-refractivity contribution is 6.23. The summed E-state index contributed by atoms with van der Waals surface area (Å²) < 4.78 is 59.4. The first-order chi connectivity index (χ1) is 31.4. The zero-order chi connectivity index (χ0) is 45.1. The molecule has 0 bridgehead atoms. The van der Waals surface area contributed by atoms with Crippen molar-refractivity contribution in [1.82, 2.24) is 25.0 Å². The zero-order valence-electron chi connectivity index (χ0n) is 34.5. The number of urea groups is 1. The number of para-hydroxylation sites is 1. The van der Waals surface area contributed by atoms with Gasteiger partial charge in [0.2, 0.25) is 5.78 Å².